The highest BCUT2D eigenvalue weighted by molar-refractivity contribution is 5.78. The Morgan fingerprint density at radius 3 is 2.91 bits per heavy atom. The summed E-state index contributed by atoms with van der Waals surface area (Å²) in [6.45, 7) is 9.60. The van der Waals surface area contributed by atoms with E-state index in [4.69, 9.17) is 4.74 Å². The standard InChI is InChI=1S/C9H15NO/c1-4-9(2,3)7-8-10-5-6-11-8/h4H,1,5-7H2,2-3H3. The molecule has 0 aromatic heterocycles. The van der Waals surface area contributed by atoms with Crippen LogP contribution in [0.15, 0.2) is 17.6 Å². The highest BCUT2D eigenvalue weighted by atomic mass is 16.5. The lowest BCUT2D eigenvalue weighted by Gasteiger charge is -2.18. The molecule has 0 spiro atoms. The fourth-order valence-corrected chi connectivity index (χ4v) is 0.948. The minimum absolute atomic E-state index is 0.114. The Kier molecular flexibility index (Phi) is 2.32. The van der Waals surface area contributed by atoms with Gasteiger partial charge in [-0.15, -0.1) is 6.58 Å². The van der Waals surface area contributed by atoms with Crippen molar-refractivity contribution in [2.75, 3.05) is 13.2 Å². The summed E-state index contributed by atoms with van der Waals surface area (Å²) in [5, 5.41) is 0. The Labute approximate surface area is 68.0 Å². The van der Waals surface area contributed by atoms with E-state index in [0.29, 0.717) is 0 Å². The van der Waals surface area contributed by atoms with Gasteiger partial charge in [-0.25, -0.2) is 0 Å². The molecule has 11 heavy (non-hydrogen) atoms. The third-order valence-electron chi connectivity index (χ3n) is 1.81. The Hall–Kier alpha value is -0.790. The molecule has 0 atom stereocenters. The Bertz CT molecular complexity index is 182. The Morgan fingerprint density at radius 2 is 2.45 bits per heavy atom. The van der Waals surface area contributed by atoms with Crippen LogP contribution in [0.5, 0.6) is 0 Å². The van der Waals surface area contributed by atoms with Crippen LogP contribution in [0.25, 0.3) is 0 Å². The van der Waals surface area contributed by atoms with E-state index in [9.17, 15) is 0 Å². The predicted molar refractivity (Wildman–Crippen MR) is 46.8 cm³/mol. The maximum atomic E-state index is 5.29. The molecule has 62 valence electrons. The number of hydrogen-bond acceptors (Lipinski definition) is 2. The number of nitrogens with zero attached hydrogens (tertiary/aromatic N) is 1. The molecule has 1 aliphatic heterocycles. The largest absolute Gasteiger partial charge is 0.479 e. The molecule has 0 N–H and O–H groups in total. The zero-order valence-electron chi connectivity index (χ0n) is 7.26. The SMILES string of the molecule is C=CC(C)(C)CC1=NCCO1. The van der Waals surface area contributed by atoms with E-state index >= 15 is 0 Å². The van der Waals surface area contributed by atoms with Crippen LogP contribution in [-0.4, -0.2) is 19.0 Å². The van der Waals surface area contributed by atoms with Gasteiger partial charge in [0.25, 0.3) is 0 Å². The molecule has 1 heterocycles. The minimum Gasteiger partial charge on any atom is -0.479 e. The topological polar surface area (TPSA) is 21.6 Å². The molecular formula is C9H15NO. The van der Waals surface area contributed by atoms with Gasteiger partial charge in [0.2, 0.25) is 0 Å². The van der Waals surface area contributed by atoms with Crippen LogP contribution in [0.1, 0.15) is 20.3 Å². The quantitative estimate of drug-likeness (QED) is 0.568. The normalized spacial score (nSPS) is 17.5. The first-order chi connectivity index (χ1) is 5.14. The molecule has 2 heteroatoms. The second-order valence-electron chi connectivity index (χ2n) is 3.49. The van der Waals surface area contributed by atoms with Crippen molar-refractivity contribution in [2.45, 2.75) is 20.3 Å². The number of aliphatic imine (C=N–C) groups is 1. The molecule has 0 amide bonds. The van der Waals surface area contributed by atoms with E-state index in [0.717, 1.165) is 25.5 Å². The van der Waals surface area contributed by atoms with Crippen molar-refractivity contribution in [3.05, 3.63) is 12.7 Å². The molecular weight excluding hydrogens is 138 g/mol. The van der Waals surface area contributed by atoms with Gasteiger partial charge in [0.15, 0.2) is 5.90 Å². The van der Waals surface area contributed by atoms with E-state index in [2.05, 4.69) is 25.4 Å². The van der Waals surface area contributed by atoms with Crippen molar-refractivity contribution in [1.82, 2.24) is 0 Å². The molecule has 1 aliphatic rings. The summed E-state index contributed by atoms with van der Waals surface area (Å²) in [5.74, 6) is 0.884. The van der Waals surface area contributed by atoms with Crippen molar-refractivity contribution in [2.24, 2.45) is 10.4 Å². The average Bonchev–Trinajstić information content (AvgIpc) is 2.39. The third-order valence-corrected chi connectivity index (χ3v) is 1.81. The van der Waals surface area contributed by atoms with Gasteiger partial charge in [0, 0.05) is 6.42 Å². The van der Waals surface area contributed by atoms with Gasteiger partial charge >= 0.3 is 0 Å². The first kappa shape index (κ1) is 8.31. The highest BCUT2D eigenvalue weighted by Crippen LogP contribution is 2.23. The second-order valence-corrected chi connectivity index (χ2v) is 3.49. The van der Waals surface area contributed by atoms with Crippen molar-refractivity contribution in [1.29, 1.82) is 0 Å². The van der Waals surface area contributed by atoms with Gasteiger partial charge < -0.3 is 4.74 Å². The first-order valence-corrected chi connectivity index (χ1v) is 3.94. The van der Waals surface area contributed by atoms with Crippen LogP contribution in [0.3, 0.4) is 0 Å². The van der Waals surface area contributed by atoms with Gasteiger partial charge in [-0.3, -0.25) is 4.99 Å². The summed E-state index contributed by atoms with van der Waals surface area (Å²) < 4.78 is 5.29. The summed E-state index contributed by atoms with van der Waals surface area (Å²) in [5.41, 5.74) is 0.114. The molecule has 2 nitrogen and oxygen atoms in total. The lowest BCUT2D eigenvalue weighted by molar-refractivity contribution is 0.322. The van der Waals surface area contributed by atoms with Crippen molar-refractivity contribution in [3.8, 4) is 0 Å². The van der Waals surface area contributed by atoms with Gasteiger partial charge in [-0.05, 0) is 5.41 Å². The molecule has 0 unspecified atom stereocenters. The molecule has 0 radical (unpaired) electrons. The fourth-order valence-electron chi connectivity index (χ4n) is 0.948. The van der Waals surface area contributed by atoms with Crippen LogP contribution in [0.2, 0.25) is 0 Å². The van der Waals surface area contributed by atoms with E-state index in [1.165, 1.54) is 0 Å². The van der Waals surface area contributed by atoms with Gasteiger partial charge in [-0.1, -0.05) is 19.9 Å². The average molecular weight is 153 g/mol. The number of ether oxygens (including phenoxy) is 1. The summed E-state index contributed by atoms with van der Waals surface area (Å²) in [4.78, 5) is 4.22. The van der Waals surface area contributed by atoms with Gasteiger partial charge in [0.1, 0.15) is 6.61 Å². The van der Waals surface area contributed by atoms with E-state index < -0.39 is 0 Å². The van der Waals surface area contributed by atoms with Crippen molar-refractivity contribution in [3.63, 3.8) is 0 Å². The summed E-state index contributed by atoms with van der Waals surface area (Å²) in [7, 11) is 0. The van der Waals surface area contributed by atoms with Crippen LogP contribution in [-0.2, 0) is 4.74 Å². The zero-order valence-corrected chi connectivity index (χ0v) is 7.26. The van der Waals surface area contributed by atoms with Crippen LogP contribution >= 0.6 is 0 Å². The summed E-state index contributed by atoms with van der Waals surface area (Å²) in [6.07, 6.45) is 2.81. The predicted octanol–water partition coefficient (Wildman–Crippen LogP) is 2.02. The number of rotatable bonds is 3. The second kappa shape index (κ2) is 3.07. The minimum atomic E-state index is 0.114. The fraction of sp³-hybridized carbons (Fsp3) is 0.667. The van der Waals surface area contributed by atoms with Gasteiger partial charge in [-0.2, -0.15) is 0 Å². The molecule has 0 bridgehead atoms. The maximum Gasteiger partial charge on any atom is 0.184 e. The Morgan fingerprint density at radius 1 is 1.73 bits per heavy atom. The molecule has 0 aromatic rings. The first-order valence-electron chi connectivity index (χ1n) is 3.94. The number of allylic oxidation sites excluding steroid dienone is 1. The Balaban J connectivity index is 2.46. The lowest BCUT2D eigenvalue weighted by atomic mass is 9.90. The van der Waals surface area contributed by atoms with Crippen LogP contribution < -0.4 is 0 Å². The molecule has 0 fully saturated rings. The molecule has 0 saturated heterocycles. The van der Waals surface area contributed by atoms with E-state index in [1.54, 1.807) is 0 Å². The summed E-state index contributed by atoms with van der Waals surface area (Å²) >= 11 is 0. The van der Waals surface area contributed by atoms with E-state index in [1.807, 2.05) is 6.08 Å². The van der Waals surface area contributed by atoms with Crippen molar-refractivity contribution < 1.29 is 4.74 Å². The van der Waals surface area contributed by atoms with Crippen LogP contribution in [0.4, 0.5) is 0 Å². The number of hydrogen-bond donors (Lipinski definition) is 0. The molecule has 0 saturated carbocycles. The molecule has 0 aliphatic carbocycles. The van der Waals surface area contributed by atoms with Gasteiger partial charge in [0.05, 0.1) is 6.54 Å². The van der Waals surface area contributed by atoms with Crippen molar-refractivity contribution >= 4 is 5.90 Å². The molecule has 1 rings (SSSR count). The third kappa shape index (κ3) is 2.37. The lowest BCUT2D eigenvalue weighted by Crippen LogP contribution is -2.14. The van der Waals surface area contributed by atoms with E-state index in [-0.39, 0.29) is 5.41 Å². The maximum absolute atomic E-state index is 5.29. The highest BCUT2D eigenvalue weighted by Gasteiger charge is 2.19. The monoisotopic (exact) mass is 153 g/mol. The zero-order chi connectivity index (χ0) is 8.32. The van der Waals surface area contributed by atoms with Crippen LogP contribution in [0, 0.1) is 5.41 Å². The summed E-state index contributed by atoms with van der Waals surface area (Å²) in [6, 6.07) is 0. The molecule has 0 aromatic carbocycles. The smallest absolute Gasteiger partial charge is 0.184 e.